The molecule has 0 aliphatic heterocycles. The van der Waals surface area contributed by atoms with Crippen LogP contribution in [0, 0.1) is 11.8 Å². The Morgan fingerprint density at radius 3 is 2.67 bits per heavy atom. The van der Waals surface area contributed by atoms with Crippen LogP contribution >= 0.6 is 0 Å². The summed E-state index contributed by atoms with van der Waals surface area (Å²) in [5.74, 6) is 2.76. The van der Waals surface area contributed by atoms with E-state index in [1.807, 2.05) is 12.1 Å². The summed E-state index contributed by atoms with van der Waals surface area (Å²) in [4.78, 5) is 0. The molecule has 0 aromatic heterocycles. The Morgan fingerprint density at radius 1 is 1.33 bits per heavy atom. The van der Waals surface area contributed by atoms with Gasteiger partial charge in [-0.05, 0) is 54.7 Å². The van der Waals surface area contributed by atoms with Gasteiger partial charge in [-0.3, -0.25) is 0 Å². The fraction of sp³-hybridized carbons (Fsp3) is 0.571. The van der Waals surface area contributed by atoms with Crippen LogP contribution in [0.3, 0.4) is 0 Å². The van der Waals surface area contributed by atoms with Crippen molar-refractivity contribution in [3.05, 3.63) is 29.8 Å². The molecule has 0 radical (unpaired) electrons. The molecule has 1 aromatic carbocycles. The molecule has 1 fully saturated rings. The van der Waals surface area contributed by atoms with Crippen LogP contribution < -0.4 is 0 Å². The molecule has 0 bridgehead atoms. The average Bonchev–Trinajstić information content (AvgIpc) is 3.00. The Bertz CT molecular complexity index is 328. The molecule has 2 rings (SSSR count). The quantitative estimate of drug-likeness (QED) is 0.787. The van der Waals surface area contributed by atoms with Gasteiger partial charge in [-0.2, -0.15) is 0 Å². The number of rotatable bonds is 4. The standard InChI is InChI=1S/C14H20O/c1-10(12-6-7-12)8-11(2)13-4-3-5-14(15)9-13/h3-5,9-12,15H,6-8H2,1-2H3. The zero-order valence-corrected chi connectivity index (χ0v) is 9.61. The van der Waals surface area contributed by atoms with Crippen molar-refractivity contribution in [1.82, 2.24) is 0 Å². The lowest BCUT2D eigenvalue weighted by atomic mass is 9.89. The molecule has 1 aromatic rings. The monoisotopic (exact) mass is 204 g/mol. The Balaban J connectivity index is 1.97. The first kappa shape index (κ1) is 10.5. The van der Waals surface area contributed by atoms with Crippen molar-refractivity contribution >= 4 is 0 Å². The zero-order valence-electron chi connectivity index (χ0n) is 9.61. The SMILES string of the molecule is CC(CC(C)C1CC1)c1cccc(O)c1. The number of hydrogen-bond acceptors (Lipinski definition) is 1. The molecule has 1 nitrogen and oxygen atoms in total. The van der Waals surface area contributed by atoms with E-state index in [2.05, 4.69) is 19.9 Å². The first-order valence-corrected chi connectivity index (χ1v) is 5.95. The Morgan fingerprint density at radius 2 is 2.07 bits per heavy atom. The summed E-state index contributed by atoms with van der Waals surface area (Å²) in [5, 5.41) is 9.42. The average molecular weight is 204 g/mol. The second kappa shape index (κ2) is 4.26. The zero-order chi connectivity index (χ0) is 10.8. The van der Waals surface area contributed by atoms with Crippen LogP contribution in [-0.4, -0.2) is 5.11 Å². The van der Waals surface area contributed by atoms with Crippen LogP contribution in [-0.2, 0) is 0 Å². The Kier molecular flexibility index (Phi) is 2.99. The maximum Gasteiger partial charge on any atom is 0.115 e. The molecular formula is C14H20O. The minimum Gasteiger partial charge on any atom is -0.508 e. The molecule has 1 saturated carbocycles. The van der Waals surface area contributed by atoms with Crippen molar-refractivity contribution in [1.29, 1.82) is 0 Å². The van der Waals surface area contributed by atoms with E-state index < -0.39 is 0 Å². The van der Waals surface area contributed by atoms with Gasteiger partial charge in [0, 0.05) is 0 Å². The maximum absolute atomic E-state index is 9.42. The first-order chi connectivity index (χ1) is 7.16. The number of phenols is 1. The third kappa shape index (κ3) is 2.74. The number of aromatic hydroxyl groups is 1. The van der Waals surface area contributed by atoms with Gasteiger partial charge in [-0.1, -0.05) is 26.0 Å². The van der Waals surface area contributed by atoms with Gasteiger partial charge in [0.1, 0.15) is 5.75 Å². The first-order valence-electron chi connectivity index (χ1n) is 5.95. The van der Waals surface area contributed by atoms with Gasteiger partial charge in [0.2, 0.25) is 0 Å². The topological polar surface area (TPSA) is 20.2 Å². The summed E-state index contributed by atoms with van der Waals surface area (Å²) in [7, 11) is 0. The Hall–Kier alpha value is -0.980. The van der Waals surface area contributed by atoms with E-state index in [0.717, 1.165) is 11.8 Å². The molecular weight excluding hydrogens is 184 g/mol. The van der Waals surface area contributed by atoms with Crippen LogP contribution in [0.5, 0.6) is 5.75 Å². The lowest BCUT2D eigenvalue weighted by molar-refractivity contribution is 0.431. The van der Waals surface area contributed by atoms with E-state index >= 15 is 0 Å². The third-order valence-electron chi connectivity index (χ3n) is 3.59. The van der Waals surface area contributed by atoms with E-state index in [4.69, 9.17) is 0 Å². The summed E-state index contributed by atoms with van der Waals surface area (Å²) in [6.45, 7) is 4.62. The Labute approximate surface area is 92.1 Å². The van der Waals surface area contributed by atoms with Crippen molar-refractivity contribution in [2.75, 3.05) is 0 Å². The fourth-order valence-corrected chi connectivity index (χ4v) is 2.38. The molecule has 1 N–H and O–H groups in total. The van der Waals surface area contributed by atoms with Crippen molar-refractivity contribution in [3.63, 3.8) is 0 Å². The molecule has 2 unspecified atom stereocenters. The van der Waals surface area contributed by atoms with E-state index in [9.17, 15) is 5.11 Å². The van der Waals surface area contributed by atoms with Crippen molar-refractivity contribution in [3.8, 4) is 5.75 Å². The summed E-state index contributed by atoms with van der Waals surface area (Å²) in [6.07, 6.45) is 4.09. The van der Waals surface area contributed by atoms with Crippen LogP contribution in [0.1, 0.15) is 44.6 Å². The molecule has 0 spiro atoms. The minimum absolute atomic E-state index is 0.387. The highest BCUT2D eigenvalue weighted by molar-refractivity contribution is 5.29. The van der Waals surface area contributed by atoms with Gasteiger partial charge in [0.05, 0.1) is 0 Å². The second-order valence-electron chi connectivity index (χ2n) is 5.05. The van der Waals surface area contributed by atoms with Gasteiger partial charge in [-0.25, -0.2) is 0 Å². The van der Waals surface area contributed by atoms with Crippen LogP contribution in [0.4, 0.5) is 0 Å². The van der Waals surface area contributed by atoms with E-state index in [1.165, 1.54) is 24.8 Å². The molecule has 0 saturated heterocycles. The highest BCUT2D eigenvalue weighted by Gasteiger charge is 2.28. The van der Waals surface area contributed by atoms with Gasteiger partial charge in [-0.15, -0.1) is 0 Å². The highest BCUT2D eigenvalue weighted by atomic mass is 16.3. The maximum atomic E-state index is 9.42. The molecule has 1 heteroatoms. The lowest BCUT2D eigenvalue weighted by Gasteiger charge is -2.17. The number of benzene rings is 1. The third-order valence-corrected chi connectivity index (χ3v) is 3.59. The summed E-state index contributed by atoms with van der Waals surface area (Å²) < 4.78 is 0. The van der Waals surface area contributed by atoms with Crippen molar-refractivity contribution < 1.29 is 5.11 Å². The van der Waals surface area contributed by atoms with Gasteiger partial charge in [0.15, 0.2) is 0 Å². The molecule has 0 amide bonds. The summed E-state index contributed by atoms with van der Waals surface area (Å²) >= 11 is 0. The smallest absolute Gasteiger partial charge is 0.115 e. The lowest BCUT2D eigenvalue weighted by Crippen LogP contribution is -2.03. The van der Waals surface area contributed by atoms with Gasteiger partial charge in [0.25, 0.3) is 0 Å². The predicted octanol–water partition coefficient (Wildman–Crippen LogP) is 3.93. The molecule has 1 aliphatic rings. The fourth-order valence-electron chi connectivity index (χ4n) is 2.38. The van der Waals surface area contributed by atoms with Crippen LogP contribution in [0.25, 0.3) is 0 Å². The van der Waals surface area contributed by atoms with Gasteiger partial charge >= 0.3 is 0 Å². The van der Waals surface area contributed by atoms with Crippen molar-refractivity contribution in [2.24, 2.45) is 11.8 Å². The summed E-state index contributed by atoms with van der Waals surface area (Å²) in [6, 6.07) is 7.68. The molecule has 82 valence electrons. The largest absolute Gasteiger partial charge is 0.508 e. The van der Waals surface area contributed by atoms with Gasteiger partial charge < -0.3 is 5.11 Å². The highest BCUT2D eigenvalue weighted by Crippen LogP contribution is 2.41. The number of phenolic OH excluding ortho intramolecular Hbond substituents is 1. The normalized spacial score (nSPS) is 19.9. The minimum atomic E-state index is 0.387. The second-order valence-corrected chi connectivity index (χ2v) is 5.05. The van der Waals surface area contributed by atoms with E-state index in [0.29, 0.717) is 11.7 Å². The molecule has 2 atom stereocenters. The van der Waals surface area contributed by atoms with E-state index in [-0.39, 0.29) is 0 Å². The van der Waals surface area contributed by atoms with Crippen LogP contribution in [0.15, 0.2) is 24.3 Å². The molecule has 1 aliphatic carbocycles. The summed E-state index contributed by atoms with van der Waals surface area (Å²) in [5.41, 5.74) is 1.27. The molecule has 0 heterocycles. The predicted molar refractivity (Wildman–Crippen MR) is 63.0 cm³/mol. The molecule has 15 heavy (non-hydrogen) atoms. The van der Waals surface area contributed by atoms with Crippen molar-refractivity contribution in [2.45, 2.75) is 39.0 Å². The van der Waals surface area contributed by atoms with Crippen LogP contribution in [0.2, 0.25) is 0 Å². The number of hydrogen-bond donors (Lipinski definition) is 1. The van der Waals surface area contributed by atoms with E-state index in [1.54, 1.807) is 6.07 Å².